The van der Waals surface area contributed by atoms with E-state index in [4.69, 9.17) is 0 Å². The van der Waals surface area contributed by atoms with Gasteiger partial charge in [-0.05, 0) is 13.8 Å². The first-order valence-electron chi connectivity index (χ1n) is 2.92. The largest absolute Gasteiger partial charge is 0.419 e. The summed E-state index contributed by atoms with van der Waals surface area (Å²) in [5.74, 6) is 0. The first kappa shape index (κ1) is 10.2. The topological polar surface area (TPSA) is 52.6 Å². The second-order valence-corrected chi connectivity index (χ2v) is 4.96. The molecule has 0 bridgehead atoms. The van der Waals surface area contributed by atoms with Gasteiger partial charge in [0.25, 0.3) is 8.15 Å². The molecule has 10 heavy (non-hydrogen) atoms. The van der Waals surface area contributed by atoms with Crippen LogP contribution in [0.2, 0.25) is 0 Å². The molecule has 6 heteroatoms. The van der Waals surface area contributed by atoms with Crippen LogP contribution in [0.3, 0.4) is 0 Å². The Hall–Kier alpha value is 0.250. The van der Waals surface area contributed by atoms with Crippen molar-refractivity contribution in [1.82, 2.24) is 0 Å². The third kappa shape index (κ3) is 3.43. The summed E-state index contributed by atoms with van der Waals surface area (Å²) in [7, 11) is -3.85. The molecule has 60 valence electrons. The molecule has 0 saturated carbocycles. The minimum absolute atomic E-state index is 0.243. The molecule has 0 spiro atoms. The van der Waals surface area contributed by atoms with Gasteiger partial charge in [0.1, 0.15) is 0 Å². The van der Waals surface area contributed by atoms with E-state index in [2.05, 4.69) is 9.05 Å². The lowest BCUT2D eigenvalue weighted by molar-refractivity contribution is 0.235. The van der Waals surface area contributed by atoms with Crippen LogP contribution in [0.25, 0.3) is 0 Å². The molecule has 0 fully saturated rings. The fraction of sp³-hybridized carbons (Fsp3) is 1.00. The molecule has 0 unspecified atom stereocenters. The van der Waals surface area contributed by atoms with Crippen molar-refractivity contribution in [1.29, 1.82) is 0 Å². The van der Waals surface area contributed by atoms with Crippen molar-refractivity contribution in [3.05, 3.63) is 0 Å². The standard InChI is InChI=1S/C4H10O4P2/c1-3-7-10(6,9-5)8-4-2/h3-4H2,1-2H3. The molecule has 0 saturated heterocycles. The van der Waals surface area contributed by atoms with Gasteiger partial charge in [-0.1, -0.05) is 0 Å². The highest BCUT2D eigenvalue weighted by atomic mass is 32.1. The molecular formula is C4H10O4P2. The highest BCUT2D eigenvalue weighted by molar-refractivity contribution is 8.14. The zero-order valence-electron chi connectivity index (χ0n) is 5.94. The predicted molar refractivity (Wildman–Crippen MR) is 38.5 cm³/mol. The van der Waals surface area contributed by atoms with E-state index >= 15 is 0 Å². The lowest BCUT2D eigenvalue weighted by atomic mass is 10.9. The minimum atomic E-state index is -3.28. The van der Waals surface area contributed by atoms with Gasteiger partial charge in [0.15, 0.2) is 0 Å². The average Bonchev–Trinajstić information content (AvgIpc) is 1.89. The molecule has 0 N–H and O–H groups in total. The summed E-state index contributed by atoms with van der Waals surface area (Å²) >= 11 is 0. The van der Waals surface area contributed by atoms with E-state index in [0.717, 1.165) is 0 Å². The fourth-order valence-electron chi connectivity index (χ4n) is 0.411. The van der Waals surface area contributed by atoms with Crippen LogP contribution in [0.15, 0.2) is 0 Å². The zero-order valence-corrected chi connectivity index (χ0v) is 7.73. The van der Waals surface area contributed by atoms with Crippen molar-refractivity contribution in [2.24, 2.45) is 0 Å². The van der Waals surface area contributed by atoms with Gasteiger partial charge >= 0.3 is 7.28 Å². The van der Waals surface area contributed by atoms with Crippen LogP contribution >= 0.6 is 15.4 Å². The third-order valence-electron chi connectivity index (χ3n) is 0.684. The van der Waals surface area contributed by atoms with Gasteiger partial charge in [-0.15, -0.1) is 0 Å². The molecular weight excluding hydrogens is 174 g/mol. The molecule has 0 rings (SSSR count). The van der Waals surface area contributed by atoms with E-state index in [1.807, 2.05) is 0 Å². The van der Waals surface area contributed by atoms with Crippen molar-refractivity contribution in [2.75, 3.05) is 13.2 Å². The van der Waals surface area contributed by atoms with Gasteiger partial charge in [0, 0.05) is 0 Å². The van der Waals surface area contributed by atoms with Gasteiger partial charge in [-0.25, -0.2) is 4.57 Å². The molecule has 0 atom stereocenters. The van der Waals surface area contributed by atoms with Gasteiger partial charge in [0.05, 0.1) is 13.2 Å². The SMILES string of the molecule is CCOP(=O)(OCC)P=O. The summed E-state index contributed by atoms with van der Waals surface area (Å²) in [6.07, 6.45) is 0. The van der Waals surface area contributed by atoms with Crippen LogP contribution in [-0.2, 0) is 18.2 Å². The minimum Gasteiger partial charge on any atom is -0.300 e. The van der Waals surface area contributed by atoms with Crippen LogP contribution in [0.5, 0.6) is 0 Å². The quantitative estimate of drug-likeness (QED) is 0.615. The Morgan fingerprint density at radius 3 is 1.90 bits per heavy atom. The predicted octanol–water partition coefficient (Wildman–Crippen LogP) is 2.46. The van der Waals surface area contributed by atoms with Crippen molar-refractivity contribution in [3.8, 4) is 0 Å². The Morgan fingerprint density at radius 1 is 1.30 bits per heavy atom. The Labute approximate surface area is 61.5 Å². The summed E-state index contributed by atoms with van der Waals surface area (Å²) in [6.45, 7) is 3.81. The molecule has 0 aliphatic heterocycles. The summed E-state index contributed by atoms with van der Waals surface area (Å²) < 4.78 is 30.5. The fourth-order valence-corrected chi connectivity index (χ4v) is 2.21. The van der Waals surface area contributed by atoms with E-state index in [1.54, 1.807) is 13.8 Å². The molecule has 0 aromatic heterocycles. The van der Waals surface area contributed by atoms with Crippen LogP contribution in [-0.4, -0.2) is 13.2 Å². The normalized spacial score (nSPS) is 12.2. The van der Waals surface area contributed by atoms with Crippen LogP contribution in [0, 0.1) is 0 Å². The van der Waals surface area contributed by atoms with Gasteiger partial charge in [0.2, 0.25) is 0 Å². The molecule has 0 aromatic rings. The number of hydrogen-bond acceptors (Lipinski definition) is 4. The third-order valence-corrected chi connectivity index (χ3v) is 3.35. The smallest absolute Gasteiger partial charge is 0.300 e. The van der Waals surface area contributed by atoms with E-state index in [1.165, 1.54) is 0 Å². The van der Waals surface area contributed by atoms with Crippen LogP contribution in [0.4, 0.5) is 0 Å². The molecule has 4 nitrogen and oxygen atoms in total. The molecule has 0 aliphatic carbocycles. The molecule has 0 aromatic carbocycles. The first-order chi connectivity index (χ1) is 4.68. The maximum absolute atomic E-state index is 11.0. The van der Waals surface area contributed by atoms with E-state index in [0.29, 0.717) is 0 Å². The van der Waals surface area contributed by atoms with Crippen LogP contribution in [0.1, 0.15) is 13.8 Å². The van der Waals surface area contributed by atoms with Crippen molar-refractivity contribution >= 4 is 15.4 Å². The van der Waals surface area contributed by atoms with Crippen molar-refractivity contribution < 1.29 is 18.2 Å². The second kappa shape index (κ2) is 4.97. The Kier molecular flexibility index (Phi) is 5.10. The molecule has 0 heterocycles. The number of rotatable bonds is 5. The summed E-state index contributed by atoms with van der Waals surface area (Å²) in [5, 5.41) is 0. The molecule has 0 aliphatic rings. The van der Waals surface area contributed by atoms with Crippen LogP contribution < -0.4 is 0 Å². The molecule has 0 radical (unpaired) electrons. The average molecular weight is 184 g/mol. The highest BCUT2D eigenvalue weighted by Crippen LogP contribution is 2.59. The Bertz CT molecular complexity index is 136. The lowest BCUT2D eigenvalue weighted by Gasteiger charge is -2.07. The lowest BCUT2D eigenvalue weighted by Crippen LogP contribution is -1.88. The van der Waals surface area contributed by atoms with E-state index < -0.39 is 15.4 Å². The van der Waals surface area contributed by atoms with Crippen molar-refractivity contribution in [2.45, 2.75) is 13.8 Å². The maximum atomic E-state index is 11.0. The highest BCUT2D eigenvalue weighted by Gasteiger charge is 2.23. The summed E-state index contributed by atoms with van der Waals surface area (Å²) in [4.78, 5) is 0. The zero-order chi connectivity index (χ0) is 8.04. The summed E-state index contributed by atoms with van der Waals surface area (Å²) in [5.41, 5.74) is 0. The monoisotopic (exact) mass is 184 g/mol. The van der Waals surface area contributed by atoms with Gasteiger partial charge in [-0.2, -0.15) is 0 Å². The molecule has 0 amide bonds. The Morgan fingerprint density at radius 2 is 1.70 bits per heavy atom. The summed E-state index contributed by atoms with van der Waals surface area (Å²) in [6, 6.07) is 0. The maximum Gasteiger partial charge on any atom is 0.419 e. The second-order valence-electron chi connectivity index (χ2n) is 1.39. The number of hydrogen-bond donors (Lipinski definition) is 0. The van der Waals surface area contributed by atoms with Gasteiger partial charge < -0.3 is 9.05 Å². The van der Waals surface area contributed by atoms with Crippen molar-refractivity contribution in [3.63, 3.8) is 0 Å². The van der Waals surface area contributed by atoms with E-state index in [9.17, 15) is 9.13 Å². The first-order valence-corrected chi connectivity index (χ1v) is 5.98. The Balaban J connectivity index is 3.95. The van der Waals surface area contributed by atoms with Gasteiger partial charge in [-0.3, -0.25) is 4.57 Å². The van der Waals surface area contributed by atoms with E-state index in [-0.39, 0.29) is 13.2 Å².